The Morgan fingerprint density at radius 1 is 1.30 bits per heavy atom. The molecular weight excluding hydrogens is 605 g/mol. The molecule has 3 atom stereocenters. The van der Waals surface area contributed by atoms with Crippen LogP contribution >= 0.6 is 0 Å². The Labute approximate surface area is 262 Å². The van der Waals surface area contributed by atoms with Crippen molar-refractivity contribution < 1.29 is 32.5 Å². The van der Waals surface area contributed by atoms with Crippen molar-refractivity contribution in [3.63, 3.8) is 0 Å². The first-order chi connectivity index (χ1) is 22.0. The highest BCUT2D eigenvalue weighted by Crippen LogP contribution is 2.38. The lowest BCUT2D eigenvalue weighted by Crippen LogP contribution is -2.44. The Bertz CT molecular complexity index is 1770. The third kappa shape index (κ3) is 6.49. The van der Waals surface area contributed by atoms with Gasteiger partial charge in [0.05, 0.1) is 28.4 Å². The summed E-state index contributed by atoms with van der Waals surface area (Å²) in [7, 11) is 0. The predicted molar refractivity (Wildman–Crippen MR) is 167 cm³/mol. The molecule has 2 bridgehead atoms. The number of alkyl halides is 2. The third-order valence-corrected chi connectivity index (χ3v) is 7.72. The standard InChI is InChI=1S/C32H35F3N6O5/c1-5-24(42)36-11-12-38-30-19-13-17(4)27-25-20(33)7-6-8-21(25)45-14-22(46-15-23(34)35)29(43)18-9-10-37-26(16(2)3)28(18)41(31(19)39-27)32(44)40-30/h5-10,13,16,22-23,26,29,37,43H,1,11-12,14-15H2,2-4H3,(H,36,42)(H,38,40,44). The number of dihydropyridines is 1. The number of aromatic nitrogens is 3. The van der Waals surface area contributed by atoms with Gasteiger partial charge in [-0.1, -0.05) is 26.5 Å². The molecule has 11 nitrogen and oxygen atoms in total. The van der Waals surface area contributed by atoms with E-state index in [0.29, 0.717) is 10.9 Å². The molecule has 4 heterocycles. The summed E-state index contributed by atoms with van der Waals surface area (Å²) >= 11 is 0. The summed E-state index contributed by atoms with van der Waals surface area (Å²) < 4.78 is 54.9. The number of fused-ring (bicyclic) bond motifs is 4. The Kier molecular flexibility index (Phi) is 9.77. The average molecular weight is 641 g/mol. The van der Waals surface area contributed by atoms with Crippen LogP contribution in [0.3, 0.4) is 0 Å². The lowest BCUT2D eigenvalue weighted by atomic mass is 9.90. The highest BCUT2D eigenvalue weighted by Gasteiger charge is 2.35. The third-order valence-electron chi connectivity index (χ3n) is 7.72. The van der Waals surface area contributed by atoms with Crippen LogP contribution < -0.4 is 26.4 Å². The van der Waals surface area contributed by atoms with Gasteiger partial charge < -0.3 is 30.5 Å². The van der Waals surface area contributed by atoms with Gasteiger partial charge >= 0.3 is 5.69 Å². The molecule has 0 radical (unpaired) electrons. The van der Waals surface area contributed by atoms with E-state index in [0.717, 1.165) is 6.08 Å². The second-order valence-electron chi connectivity index (χ2n) is 11.2. The van der Waals surface area contributed by atoms with Crippen molar-refractivity contribution in [1.29, 1.82) is 0 Å². The zero-order valence-electron chi connectivity index (χ0n) is 25.5. The molecule has 1 aromatic carbocycles. The number of benzene rings is 1. The summed E-state index contributed by atoms with van der Waals surface area (Å²) in [5, 5.41) is 21.1. The number of rotatable bonds is 9. The van der Waals surface area contributed by atoms with Gasteiger partial charge in [0.25, 0.3) is 6.43 Å². The number of aliphatic hydroxyl groups excluding tert-OH is 1. The monoisotopic (exact) mass is 640 g/mol. The van der Waals surface area contributed by atoms with E-state index in [2.05, 4.69) is 27.5 Å². The molecule has 2 aliphatic rings. The average Bonchev–Trinajstić information content (AvgIpc) is 3.02. The van der Waals surface area contributed by atoms with Gasteiger partial charge in [-0.2, -0.15) is 4.98 Å². The van der Waals surface area contributed by atoms with E-state index < -0.39 is 49.4 Å². The largest absolute Gasteiger partial charge is 0.490 e. The molecule has 0 saturated carbocycles. The first kappa shape index (κ1) is 32.7. The Morgan fingerprint density at radius 3 is 2.80 bits per heavy atom. The summed E-state index contributed by atoms with van der Waals surface area (Å²) in [4.78, 5) is 34.8. The quantitative estimate of drug-likeness (QED) is 0.205. The molecule has 1 amide bonds. The van der Waals surface area contributed by atoms with Crippen molar-refractivity contribution in [3.8, 4) is 17.0 Å². The van der Waals surface area contributed by atoms with Crippen molar-refractivity contribution in [2.24, 2.45) is 5.92 Å². The van der Waals surface area contributed by atoms with Crippen LogP contribution in [0.5, 0.6) is 5.75 Å². The van der Waals surface area contributed by atoms with Crippen LogP contribution in [0.4, 0.5) is 19.0 Å². The summed E-state index contributed by atoms with van der Waals surface area (Å²) in [6, 6.07) is 5.31. The highest BCUT2D eigenvalue weighted by molar-refractivity contribution is 5.92. The topological polar surface area (TPSA) is 140 Å². The van der Waals surface area contributed by atoms with Crippen LogP contribution in [-0.4, -0.2) is 76.5 Å². The minimum absolute atomic E-state index is 0.0155. The van der Waals surface area contributed by atoms with E-state index in [1.165, 1.54) is 22.8 Å². The molecule has 3 aromatic rings. The maximum Gasteiger partial charge on any atom is 0.355 e. The van der Waals surface area contributed by atoms with E-state index in [-0.39, 0.29) is 64.7 Å². The predicted octanol–water partition coefficient (Wildman–Crippen LogP) is 3.38. The van der Waals surface area contributed by atoms with E-state index in [1.807, 2.05) is 13.8 Å². The molecule has 2 aromatic heterocycles. The maximum absolute atomic E-state index is 15.6. The number of aliphatic hydroxyl groups is 1. The number of carbonyl (C=O) groups is 1. The van der Waals surface area contributed by atoms with Crippen LogP contribution in [0.25, 0.3) is 28.0 Å². The summed E-state index contributed by atoms with van der Waals surface area (Å²) in [6.07, 6.45) is -1.43. The van der Waals surface area contributed by atoms with Gasteiger partial charge in [0, 0.05) is 18.7 Å². The molecule has 4 N–H and O–H groups in total. The van der Waals surface area contributed by atoms with Crippen LogP contribution in [-0.2, 0) is 9.53 Å². The second kappa shape index (κ2) is 13.7. The molecule has 14 heteroatoms. The molecular formula is C32H35F3N6O5. The second-order valence-corrected chi connectivity index (χ2v) is 11.2. The number of amides is 1. The van der Waals surface area contributed by atoms with E-state index in [9.17, 15) is 23.5 Å². The lowest BCUT2D eigenvalue weighted by Gasteiger charge is -2.34. The van der Waals surface area contributed by atoms with Crippen molar-refractivity contribution in [2.45, 2.75) is 45.4 Å². The molecule has 244 valence electrons. The normalized spacial score (nSPS) is 19.2. The van der Waals surface area contributed by atoms with Crippen molar-refractivity contribution in [2.75, 3.05) is 31.6 Å². The van der Waals surface area contributed by atoms with Gasteiger partial charge in [-0.15, -0.1) is 0 Å². The van der Waals surface area contributed by atoms with Crippen LogP contribution in [0.15, 0.2) is 59.6 Å². The number of anilines is 1. The first-order valence-electron chi connectivity index (χ1n) is 14.8. The van der Waals surface area contributed by atoms with Crippen LogP contribution in [0, 0.1) is 18.7 Å². The number of halogens is 3. The van der Waals surface area contributed by atoms with E-state index in [1.54, 1.807) is 25.3 Å². The number of nitrogens with one attached hydrogen (secondary N) is 3. The zero-order chi connectivity index (χ0) is 33.1. The minimum atomic E-state index is -2.83. The van der Waals surface area contributed by atoms with Gasteiger partial charge in [-0.25, -0.2) is 27.5 Å². The molecule has 0 saturated heterocycles. The summed E-state index contributed by atoms with van der Waals surface area (Å²) in [5.41, 5.74) is 0.511. The molecule has 0 fully saturated rings. The lowest BCUT2D eigenvalue weighted by molar-refractivity contribution is -0.116. The molecule has 5 rings (SSSR count). The molecule has 46 heavy (non-hydrogen) atoms. The summed E-state index contributed by atoms with van der Waals surface area (Å²) in [6.45, 7) is 7.95. The number of aryl methyl sites for hydroxylation is 1. The van der Waals surface area contributed by atoms with Crippen LogP contribution in [0.2, 0.25) is 0 Å². The fraction of sp³-hybridized carbons (Fsp3) is 0.375. The number of pyridine rings is 1. The maximum atomic E-state index is 15.6. The van der Waals surface area contributed by atoms with E-state index >= 15 is 4.39 Å². The Balaban J connectivity index is 1.82. The minimum Gasteiger partial charge on any atom is -0.490 e. The molecule has 0 spiro atoms. The van der Waals surface area contributed by atoms with Gasteiger partial charge in [-0.05, 0) is 55.0 Å². The molecule has 3 unspecified atom stereocenters. The molecule has 2 aliphatic heterocycles. The number of nitrogens with zero attached hydrogens (tertiary/aromatic N) is 3. The van der Waals surface area contributed by atoms with Gasteiger partial charge in [0.15, 0.2) is 5.65 Å². The van der Waals surface area contributed by atoms with Gasteiger partial charge in [-0.3, -0.25) is 4.79 Å². The number of hydrogen-bond donors (Lipinski definition) is 4. The Hall–Kier alpha value is -4.69. The van der Waals surface area contributed by atoms with Crippen molar-refractivity contribution in [1.82, 2.24) is 25.2 Å². The zero-order valence-corrected chi connectivity index (χ0v) is 25.5. The Morgan fingerprint density at radius 2 is 2.09 bits per heavy atom. The number of hydrogen-bond acceptors (Lipinski definition) is 9. The fourth-order valence-corrected chi connectivity index (χ4v) is 5.55. The van der Waals surface area contributed by atoms with Crippen LogP contribution in [0.1, 0.15) is 19.4 Å². The highest BCUT2D eigenvalue weighted by atomic mass is 19.3. The van der Waals surface area contributed by atoms with E-state index in [4.69, 9.17) is 14.5 Å². The first-order valence-corrected chi connectivity index (χ1v) is 14.8. The smallest absolute Gasteiger partial charge is 0.355 e. The summed E-state index contributed by atoms with van der Waals surface area (Å²) in [5.74, 6) is -0.972. The van der Waals surface area contributed by atoms with Gasteiger partial charge in [0.2, 0.25) is 5.91 Å². The van der Waals surface area contributed by atoms with Crippen molar-refractivity contribution >= 4 is 28.5 Å². The number of carbonyl (C=O) groups excluding carboxylic acids is 1. The van der Waals surface area contributed by atoms with Crippen molar-refractivity contribution in [3.05, 3.63) is 76.6 Å². The SMILES string of the molecule is C=CC(=O)NCCNc1nc(=O)n2c3nc(c(C)cc13)-c1c(F)cccc1OCC(OCC(F)F)C(O)C1=C2C(C(C)C)NC=C1. The fourth-order valence-electron chi connectivity index (χ4n) is 5.55. The number of ether oxygens (including phenoxy) is 2. The van der Waals surface area contributed by atoms with Gasteiger partial charge in [0.1, 0.15) is 42.8 Å². The molecule has 0 aliphatic carbocycles.